The van der Waals surface area contributed by atoms with Crippen LogP contribution in [-0.2, 0) is 4.79 Å². The van der Waals surface area contributed by atoms with E-state index in [1.807, 2.05) is 0 Å². The van der Waals surface area contributed by atoms with Gasteiger partial charge in [-0.1, -0.05) is 23.8 Å². The summed E-state index contributed by atoms with van der Waals surface area (Å²) < 4.78 is 0. The number of carbonyl (C=O) groups is 1. The lowest BCUT2D eigenvalue weighted by Crippen LogP contribution is -1.76. The standard InChI is InChI=1S/C6H7ClO/c1-6(8)4-2-3-5-7/h2-5H,1H3. The highest BCUT2D eigenvalue weighted by molar-refractivity contribution is 6.25. The molecule has 0 fully saturated rings. The van der Waals surface area contributed by atoms with E-state index >= 15 is 0 Å². The SMILES string of the molecule is CC(=O)C=CC=CCl. The van der Waals surface area contributed by atoms with Crippen molar-refractivity contribution in [3.05, 3.63) is 23.8 Å². The molecule has 0 aliphatic heterocycles. The van der Waals surface area contributed by atoms with E-state index in [4.69, 9.17) is 11.6 Å². The third-order valence-corrected chi connectivity index (χ3v) is 0.660. The maximum Gasteiger partial charge on any atom is 0.152 e. The summed E-state index contributed by atoms with van der Waals surface area (Å²) in [6, 6.07) is 0. The van der Waals surface area contributed by atoms with E-state index in [-0.39, 0.29) is 5.78 Å². The highest BCUT2D eigenvalue weighted by Crippen LogP contribution is 1.80. The van der Waals surface area contributed by atoms with Crippen LogP contribution in [0.15, 0.2) is 23.8 Å². The molecule has 0 aliphatic carbocycles. The first kappa shape index (κ1) is 7.44. The molecule has 0 radical (unpaired) electrons. The molecular weight excluding hydrogens is 124 g/mol. The van der Waals surface area contributed by atoms with Crippen LogP contribution >= 0.6 is 11.6 Å². The second-order valence-corrected chi connectivity index (χ2v) is 1.54. The van der Waals surface area contributed by atoms with Crippen LogP contribution in [0.4, 0.5) is 0 Å². The smallest absolute Gasteiger partial charge is 0.152 e. The predicted octanol–water partition coefficient (Wildman–Crippen LogP) is 1.88. The normalized spacial score (nSPS) is 11.2. The molecule has 0 heterocycles. The van der Waals surface area contributed by atoms with Crippen molar-refractivity contribution in [2.75, 3.05) is 0 Å². The average Bonchev–Trinajstić information content (AvgIpc) is 1.66. The van der Waals surface area contributed by atoms with Crippen LogP contribution in [0, 0.1) is 0 Å². The van der Waals surface area contributed by atoms with E-state index in [1.165, 1.54) is 18.5 Å². The highest BCUT2D eigenvalue weighted by Gasteiger charge is 1.75. The van der Waals surface area contributed by atoms with Gasteiger partial charge in [0.1, 0.15) is 0 Å². The van der Waals surface area contributed by atoms with Gasteiger partial charge in [-0.3, -0.25) is 4.79 Å². The zero-order chi connectivity index (χ0) is 6.41. The minimum atomic E-state index is 0.0276. The first-order chi connectivity index (χ1) is 3.77. The number of allylic oxidation sites excluding steroid dienone is 3. The molecule has 0 aromatic heterocycles. The summed E-state index contributed by atoms with van der Waals surface area (Å²) in [4.78, 5) is 10.2. The van der Waals surface area contributed by atoms with Crippen LogP contribution in [0.2, 0.25) is 0 Å². The van der Waals surface area contributed by atoms with Gasteiger partial charge in [0.2, 0.25) is 0 Å². The summed E-state index contributed by atoms with van der Waals surface area (Å²) in [5.74, 6) is 0.0276. The Morgan fingerprint density at radius 1 is 1.50 bits per heavy atom. The van der Waals surface area contributed by atoms with Crippen molar-refractivity contribution >= 4 is 17.4 Å². The third kappa shape index (κ3) is 5.44. The fourth-order valence-electron chi connectivity index (χ4n) is 0.233. The van der Waals surface area contributed by atoms with Gasteiger partial charge in [-0.25, -0.2) is 0 Å². The van der Waals surface area contributed by atoms with Gasteiger partial charge < -0.3 is 0 Å². The molecule has 44 valence electrons. The van der Waals surface area contributed by atoms with Crippen molar-refractivity contribution in [1.29, 1.82) is 0 Å². The molecule has 1 nitrogen and oxygen atoms in total. The van der Waals surface area contributed by atoms with E-state index in [0.29, 0.717) is 0 Å². The number of ketones is 1. The molecule has 2 heteroatoms. The fraction of sp³-hybridized carbons (Fsp3) is 0.167. The Kier molecular flexibility index (Phi) is 4.27. The minimum absolute atomic E-state index is 0.0276. The number of hydrogen-bond acceptors (Lipinski definition) is 1. The molecule has 0 unspecified atom stereocenters. The Morgan fingerprint density at radius 2 is 2.12 bits per heavy atom. The lowest BCUT2D eigenvalue weighted by Gasteiger charge is -1.71. The van der Waals surface area contributed by atoms with Gasteiger partial charge in [-0.05, 0) is 13.0 Å². The van der Waals surface area contributed by atoms with Crippen LogP contribution in [0.3, 0.4) is 0 Å². The molecule has 0 rings (SSSR count). The summed E-state index contributed by atoms with van der Waals surface area (Å²) in [6.07, 6.45) is 4.62. The van der Waals surface area contributed by atoms with Crippen molar-refractivity contribution in [2.45, 2.75) is 6.92 Å². The summed E-state index contributed by atoms with van der Waals surface area (Å²) in [5, 5.41) is 0. The van der Waals surface area contributed by atoms with Crippen LogP contribution in [0.25, 0.3) is 0 Å². The Balaban J connectivity index is 3.50. The Morgan fingerprint density at radius 3 is 2.50 bits per heavy atom. The van der Waals surface area contributed by atoms with Crippen molar-refractivity contribution in [3.8, 4) is 0 Å². The van der Waals surface area contributed by atoms with E-state index in [2.05, 4.69) is 0 Å². The van der Waals surface area contributed by atoms with Gasteiger partial charge in [-0.15, -0.1) is 0 Å². The summed E-state index contributed by atoms with van der Waals surface area (Å²) >= 11 is 5.14. The maximum atomic E-state index is 10.2. The van der Waals surface area contributed by atoms with E-state index in [1.54, 1.807) is 12.2 Å². The van der Waals surface area contributed by atoms with E-state index in [9.17, 15) is 4.79 Å². The largest absolute Gasteiger partial charge is 0.295 e. The second-order valence-electron chi connectivity index (χ2n) is 1.29. The fourth-order valence-corrected chi connectivity index (χ4v) is 0.317. The zero-order valence-corrected chi connectivity index (χ0v) is 5.35. The zero-order valence-electron chi connectivity index (χ0n) is 4.60. The van der Waals surface area contributed by atoms with Crippen molar-refractivity contribution in [1.82, 2.24) is 0 Å². The van der Waals surface area contributed by atoms with Crippen LogP contribution in [0.1, 0.15) is 6.92 Å². The van der Waals surface area contributed by atoms with Gasteiger partial charge in [0.05, 0.1) is 0 Å². The molecule has 0 saturated carbocycles. The molecule has 0 amide bonds. The van der Waals surface area contributed by atoms with Crippen molar-refractivity contribution < 1.29 is 4.79 Å². The molecule has 0 aliphatic rings. The van der Waals surface area contributed by atoms with Crippen LogP contribution < -0.4 is 0 Å². The Bertz CT molecular complexity index is 124. The van der Waals surface area contributed by atoms with Crippen molar-refractivity contribution in [3.63, 3.8) is 0 Å². The van der Waals surface area contributed by atoms with Crippen molar-refractivity contribution in [2.24, 2.45) is 0 Å². The molecule has 0 N–H and O–H groups in total. The lowest BCUT2D eigenvalue weighted by atomic mass is 10.4. The molecule has 0 aromatic rings. The van der Waals surface area contributed by atoms with E-state index < -0.39 is 0 Å². The highest BCUT2D eigenvalue weighted by atomic mass is 35.5. The Labute approximate surface area is 53.6 Å². The number of halogens is 1. The van der Waals surface area contributed by atoms with Crippen LogP contribution in [0.5, 0.6) is 0 Å². The molecule has 0 aromatic carbocycles. The quantitative estimate of drug-likeness (QED) is 0.412. The predicted molar refractivity (Wildman–Crippen MR) is 34.8 cm³/mol. The number of hydrogen-bond donors (Lipinski definition) is 0. The topological polar surface area (TPSA) is 17.1 Å². The summed E-state index contributed by atoms with van der Waals surface area (Å²) in [5.41, 5.74) is 1.35. The molecular formula is C6H7ClO. The summed E-state index contributed by atoms with van der Waals surface area (Å²) in [7, 11) is 0. The number of carbonyl (C=O) groups excluding carboxylic acids is 1. The molecule has 0 atom stereocenters. The van der Waals surface area contributed by atoms with Gasteiger partial charge in [-0.2, -0.15) is 0 Å². The monoisotopic (exact) mass is 130 g/mol. The summed E-state index contributed by atoms with van der Waals surface area (Å²) in [6.45, 7) is 1.48. The molecule has 0 spiro atoms. The average molecular weight is 131 g/mol. The van der Waals surface area contributed by atoms with E-state index in [0.717, 1.165) is 0 Å². The second kappa shape index (κ2) is 4.60. The first-order valence-corrected chi connectivity index (χ1v) is 2.65. The maximum absolute atomic E-state index is 10.2. The minimum Gasteiger partial charge on any atom is -0.295 e. The first-order valence-electron chi connectivity index (χ1n) is 2.21. The van der Waals surface area contributed by atoms with Gasteiger partial charge >= 0.3 is 0 Å². The van der Waals surface area contributed by atoms with Gasteiger partial charge in [0.25, 0.3) is 0 Å². The third-order valence-electron chi connectivity index (χ3n) is 0.515. The molecule has 0 bridgehead atoms. The number of rotatable bonds is 2. The van der Waals surface area contributed by atoms with Gasteiger partial charge in [0, 0.05) is 5.54 Å². The van der Waals surface area contributed by atoms with Crippen LogP contribution in [-0.4, -0.2) is 5.78 Å². The Hall–Kier alpha value is -0.560. The molecule has 0 saturated heterocycles. The molecule has 8 heavy (non-hydrogen) atoms. The van der Waals surface area contributed by atoms with Gasteiger partial charge in [0.15, 0.2) is 5.78 Å². The lowest BCUT2D eigenvalue weighted by molar-refractivity contribution is -0.112.